The molecule has 0 saturated carbocycles. The monoisotopic (exact) mass is 434 g/mol. The highest BCUT2D eigenvalue weighted by atomic mass is 79.9. The minimum absolute atomic E-state index is 0.281. The maximum atomic E-state index is 12.2. The predicted molar refractivity (Wildman–Crippen MR) is 106 cm³/mol. The van der Waals surface area contributed by atoms with Gasteiger partial charge in [0.2, 0.25) is 5.91 Å². The van der Waals surface area contributed by atoms with Crippen LogP contribution in [0.3, 0.4) is 0 Å². The van der Waals surface area contributed by atoms with E-state index in [4.69, 9.17) is 16.3 Å². The van der Waals surface area contributed by atoms with Crippen LogP contribution in [0.1, 0.15) is 23.1 Å². The third kappa shape index (κ3) is 5.76. The lowest BCUT2D eigenvalue weighted by Crippen LogP contribution is -2.30. The lowest BCUT2D eigenvalue weighted by atomic mass is 10.1. The van der Waals surface area contributed by atoms with E-state index in [1.165, 1.54) is 0 Å². The summed E-state index contributed by atoms with van der Waals surface area (Å²) in [7, 11) is 0. The first kappa shape index (κ1) is 20.3. The van der Waals surface area contributed by atoms with Gasteiger partial charge in [0, 0.05) is 22.5 Å². The largest absolute Gasteiger partial charge is 0.494 e. The molecule has 0 aromatic heterocycles. The molecule has 1 unspecified atom stereocenters. The summed E-state index contributed by atoms with van der Waals surface area (Å²) in [6.07, 6.45) is 0.321. The third-order valence-corrected chi connectivity index (χ3v) is 5.00. The van der Waals surface area contributed by atoms with Gasteiger partial charge in [0.1, 0.15) is 11.7 Å². The van der Waals surface area contributed by atoms with E-state index in [1.807, 2.05) is 56.3 Å². The maximum Gasteiger partial charge on any atom is 0.237 e. The van der Waals surface area contributed by atoms with E-state index in [2.05, 4.69) is 21.2 Å². The first-order valence-electron chi connectivity index (χ1n) is 8.22. The van der Waals surface area contributed by atoms with Gasteiger partial charge in [0.15, 0.2) is 0 Å². The van der Waals surface area contributed by atoms with Crippen molar-refractivity contribution in [2.45, 2.75) is 26.8 Å². The molecule has 0 aliphatic heterocycles. The maximum absolute atomic E-state index is 12.2. The van der Waals surface area contributed by atoms with Gasteiger partial charge >= 0.3 is 0 Å². The molecule has 2 rings (SSSR count). The molecular weight excluding hydrogens is 416 g/mol. The van der Waals surface area contributed by atoms with Gasteiger partial charge in [0.05, 0.1) is 12.7 Å². The summed E-state index contributed by atoms with van der Waals surface area (Å²) in [5, 5.41) is 12.8. The number of carbonyl (C=O) groups is 1. The number of hydrogen-bond donors (Lipinski definition) is 1. The predicted octanol–water partition coefficient (Wildman–Crippen LogP) is 4.94. The Bertz CT molecular complexity index is 810. The Balaban J connectivity index is 1.85. The van der Waals surface area contributed by atoms with Crippen molar-refractivity contribution in [3.63, 3.8) is 0 Å². The van der Waals surface area contributed by atoms with E-state index in [0.29, 0.717) is 18.7 Å². The average Bonchev–Trinajstić information content (AvgIpc) is 2.61. The zero-order valence-electron chi connectivity index (χ0n) is 14.7. The van der Waals surface area contributed by atoms with Gasteiger partial charge in [-0.3, -0.25) is 4.79 Å². The SMILES string of the molecule is Cc1cc(OCCC(C#N)C(=O)NCc2cccc(Br)c2)cc(C)c1Cl. The standard InChI is InChI=1S/C20H20BrClN2O2/c1-13-8-18(9-14(2)19(13)22)26-7-6-16(11-23)20(25)24-12-15-4-3-5-17(21)10-15/h3-5,8-10,16H,6-7,12H2,1-2H3,(H,24,25). The number of aryl methyl sites for hydroxylation is 2. The van der Waals surface area contributed by atoms with Crippen LogP contribution < -0.4 is 10.1 Å². The van der Waals surface area contributed by atoms with E-state index in [1.54, 1.807) is 0 Å². The first-order chi connectivity index (χ1) is 12.4. The van der Waals surface area contributed by atoms with Crippen LogP contribution in [-0.4, -0.2) is 12.5 Å². The van der Waals surface area contributed by atoms with Crippen molar-refractivity contribution in [3.8, 4) is 11.8 Å². The van der Waals surface area contributed by atoms with Gasteiger partial charge in [-0.2, -0.15) is 5.26 Å². The number of ether oxygens (including phenoxy) is 1. The molecular formula is C20H20BrClN2O2. The molecule has 1 N–H and O–H groups in total. The molecule has 2 aromatic rings. The third-order valence-electron chi connectivity index (χ3n) is 3.91. The van der Waals surface area contributed by atoms with E-state index in [-0.39, 0.29) is 12.5 Å². The number of nitriles is 1. The summed E-state index contributed by atoms with van der Waals surface area (Å²) in [6, 6.07) is 13.4. The molecule has 0 aliphatic rings. The van der Waals surface area contributed by atoms with Crippen molar-refractivity contribution in [1.29, 1.82) is 5.26 Å². The van der Waals surface area contributed by atoms with Crippen LogP contribution >= 0.6 is 27.5 Å². The van der Waals surface area contributed by atoms with Crippen LogP contribution in [0.25, 0.3) is 0 Å². The minimum atomic E-state index is -0.753. The number of amides is 1. The van der Waals surface area contributed by atoms with Crippen molar-refractivity contribution in [1.82, 2.24) is 5.32 Å². The normalized spacial score (nSPS) is 11.5. The Labute approximate surface area is 167 Å². The Morgan fingerprint density at radius 1 is 1.31 bits per heavy atom. The second-order valence-corrected chi connectivity index (χ2v) is 7.33. The zero-order valence-corrected chi connectivity index (χ0v) is 17.0. The van der Waals surface area contributed by atoms with Gasteiger partial charge in [-0.25, -0.2) is 0 Å². The average molecular weight is 436 g/mol. The number of carbonyl (C=O) groups excluding carboxylic acids is 1. The summed E-state index contributed by atoms with van der Waals surface area (Å²) in [4.78, 5) is 12.2. The molecule has 1 amide bonds. The summed E-state index contributed by atoms with van der Waals surface area (Å²) in [5.74, 6) is -0.355. The fourth-order valence-electron chi connectivity index (χ4n) is 2.50. The Hall–Kier alpha value is -2.03. The summed E-state index contributed by atoms with van der Waals surface area (Å²) in [6.45, 7) is 4.49. The van der Waals surface area contributed by atoms with E-state index >= 15 is 0 Å². The highest BCUT2D eigenvalue weighted by Crippen LogP contribution is 2.26. The number of nitrogens with zero attached hydrogens (tertiary/aromatic N) is 1. The van der Waals surface area contributed by atoms with Crippen molar-refractivity contribution in [3.05, 3.63) is 62.6 Å². The number of halogens is 2. The highest BCUT2D eigenvalue weighted by Gasteiger charge is 2.17. The molecule has 2 aromatic carbocycles. The van der Waals surface area contributed by atoms with Gasteiger partial charge in [0.25, 0.3) is 0 Å². The zero-order chi connectivity index (χ0) is 19.1. The van der Waals surface area contributed by atoms with Gasteiger partial charge in [-0.05, 0) is 54.8 Å². The number of rotatable bonds is 7. The summed E-state index contributed by atoms with van der Waals surface area (Å²) in [5.41, 5.74) is 2.84. The lowest BCUT2D eigenvalue weighted by molar-refractivity contribution is -0.123. The second kappa shape index (κ2) is 9.61. The number of benzene rings is 2. The Morgan fingerprint density at radius 3 is 2.62 bits per heavy atom. The van der Waals surface area contributed by atoms with Gasteiger partial charge < -0.3 is 10.1 Å². The minimum Gasteiger partial charge on any atom is -0.494 e. The first-order valence-corrected chi connectivity index (χ1v) is 9.39. The molecule has 26 heavy (non-hydrogen) atoms. The highest BCUT2D eigenvalue weighted by molar-refractivity contribution is 9.10. The van der Waals surface area contributed by atoms with Gasteiger partial charge in [-0.15, -0.1) is 0 Å². The molecule has 0 heterocycles. The van der Waals surface area contributed by atoms with Crippen molar-refractivity contribution in [2.24, 2.45) is 5.92 Å². The summed E-state index contributed by atoms with van der Waals surface area (Å²) >= 11 is 9.53. The van der Waals surface area contributed by atoms with E-state index < -0.39 is 5.92 Å². The quantitative estimate of drug-likeness (QED) is 0.669. The number of hydrogen-bond acceptors (Lipinski definition) is 3. The smallest absolute Gasteiger partial charge is 0.237 e. The van der Waals surface area contributed by atoms with Gasteiger partial charge in [-0.1, -0.05) is 39.7 Å². The van der Waals surface area contributed by atoms with Crippen LogP contribution in [0.2, 0.25) is 5.02 Å². The van der Waals surface area contributed by atoms with Crippen LogP contribution in [-0.2, 0) is 11.3 Å². The number of nitrogens with one attached hydrogen (secondary N) is 1. The molecule has 1 atom stereocenters. The van der Waals surface area contributed by atoms with E-state index in [9.17, 15) is 10.1 Å². The lowest BCUT2D eigenvalue weighted by Gasteiger charge is -2.13. The van der Waals surface area contributed by atoms with Crippen molar-refractivity contribution in [2.75, 3.05) is 6.61 Å². The second-order valence-electron chi connectivity index (χ2n) is 6.04. The van der Waals surface area contributed by atoms with Crippen LogP contribution in [0.5, 0.6) is 5.75 Å². The molecule has 0 bridgehead atoms. The van der Waals surface area contributed by atoms with E-state index in [0.717, 1.165) is 26.2 Å². The fraction of sp³-hybridized carbons (Fsp3) is 0.300. The molecule has 0 saturated heterocycles. The van der Waals surface area contributed by atoms with Crippen molar-refractivity contribution < 1.29 is 9.53 Å². The summed E-state index contributed by atoms with van der Waals surface area (Å²) < 4.78 is 6.63. The molecule has 6 heteroatoms. The van der Waals surface area contributed by atoms with Crippen LogP contribution in [0.15, 0.2) is 40.9 Å². The molecule has 4 nitrogen and oxygen atoms in total. The molecule has 0 radical (unpaired) electrons. The van der Waals surface area contributed by atoms with Crippen molar-refractivity contribution >= 4 is 33.4 Å². The Kier molecular flexibility index (Phi) is 7.50. The Morgan fingerprint density at radius 2 is 2.00 bits per heavy atom. The topological polar surface area (TPSA) is 62.1 Å². The molecule has 0 spiro atoms. The fourth-order valence-corrected chi connectivity index (χ4v) is 3.05. The molecule has 0 aliphatic carbocycles. The molecule has 136 valence electrons. The van der Waals surface area contributed by atoms with Crippen LogP contribution in [0.4, 0.5) is 0 Å². The molecule has 0 fully saturated rings. The van der Waals surface area contributed by atoms with Crippen LogP contribution in [0, 0.1) is 31.1 Å².